The number of aliphatic hydroxyl groups excluding tert-OH is 1. The Morgan fingerprint density at radius 3 is 2.71 bits per heavy atom. The summed E-state index contributed by atoms with van der Waals surface area (Å²) in [5.41, 5.74) is 0. The molecule has 1 N–H and O–H groups in total. The number of nitrogens with zero attached hydrogens (tertiary/aromatic N) is 2. The summed E-state index contributed by atoms with van der Waals surface area (Å²) in [6.07, 6.45) is -5.65. The molecule has 0 aliphatic carbocycles. The van der Waals surface area contributed by atoms with Gasteiger partial charge in [-0.1, -0.05) is 0 Å². The Morgan fingerprint density at radius 1 is 1.57 bits per heavy atom. The molecule has 2 unspecified atom stereocenters. The van der Waals surface area contributed by atoms with Crippen molar-refractivity contribution < 1.29 is 18.3 Å². The fourth-order valence-corrected chi connectivity index (χ4v) is 1.52. The van der Waals surface area contributed by atoms with Crippen molar-refractivity contribution in [1.82, 2.24) is 4.90 Å². The lowest BCUT2D eigenvalue weighted by Gasteiger charge is -2.23. The van der Waals surface area contributed by atoms with E-state index in [0.29, 0.717) is 19.4 Å². The van der Waals surface area contributed by atoms with Gasteiger partial charge in [0, 0.05) is 6.54 Å². The average Bonchev–Trinajstić information content (AvgIpc) is 2.50. The highest BCUT2D eigenvalue weighted by Gasteiger charge is 2.40. The summed E-state index contributed by atoms with van der Waals surface area (Å²) in [5, 5.41) is 17.4. The van der Waals surface area contributed by atoms with Crippen LogP contribution in [0.4, 0.5) is 13.2 Å². The molecule has 3 nitrogen and oxygen atoms in total. The van der Waals surface area contributed by atoms with Gasteiger partial charge in [0.05, 0.1) is 12.1 Å². The van der Waals surface area contributed by atoms with Gasteiger partial charge in [0.1, 0.15) is 0 Å². The number of nitriles is 1. The van der Waals surface area contributed by atoms with Crippen LogP contribution in [0.15, 0.2) is 0 Å². The SMILES string of the molecule is N#CC1CCCN1CC(O)C(F)(F)F. The summed E-state index contributed by atoms with van der Waals surface area (Å²) in [5.74, 6) is 0. The number of β-amino-alcohol motifs (C(OH)–C–C–N with tert-alkyl or cyclic N) is 1. The molecule has 1 rings (SSSR count). The lowest BCUT2D eigenvalue weighted by atomic mass is 10.2. The minimum absolute atomic E-state index is 0.450. The van der Waals surface area contributed by atoms with Crippen molar-refractivity contribution >= 4 is 0 Å². The second-order valence-electron chi connectivity index (χ2n) is 3.34. The molecule has 0 spiro atoms. The van der Waals surface area contributed by atoms with Gasteiger partial charge in [0.15, 0.2) is 6.10 Å². The number of likely N-dealkylation sites (tertiary alicyclic amines) is 1. The van der Waals surface area contributed by atoms with Crippen LogP contribution in [-0.4, -0.2) is 41.4 Å². The number of hydrogen-bond acceptors (Lipinski definition) is 3. The quantitative estimate of drug-likeness (QED) is 0.733. The smallest absolute Gasteiger partial charge is 0.382 e. The van der Waals surface area contributed by atoms with Crippen LogP contribution in [-0.2, 0) is 0 Å². The molecular weight excluding hydrogens is 197 g/mol. The van der Waals surface area contributed by atoms with E-state index in [0.717, 1.165) is 0 Å². The van der Waals surface area contributed by atoms with Gasteiger partial charge in [-0.15, -0.1) is 0 Å². The van der Waals surface area contributed by atoms with Crippen LogP contribution in [0.3, 0.4) is 0 Å². The van der Waals surface area contributed by atoms with Gasteiger partial charge in [-0.2, -0.15) is 18.4 Å². The van der Waals surface area contributed by atoms with Crippen LogP contribution in [0.25, 0.3) is 0 Å². The zero-order chi connectivity index (χ0) is 10.8. The largest absolute Gasteiger partial charge is 0.415 e. The molecule has 1 saturated heterocycles. The Kier molecular flexibility index (Phi) is 3.34. The Bertz CT molecular complexity index is 236. The first kappa shape index (κ1) is 11.3. The number of halogens is 3. The minimum atomic E-state index is -4.59. The third-order valence-electron chi connectivity index (χ3n) is 2.30. The van der Waals surface area contributed by atoms with E-state index in [9.17, 15) is 13.2 Å². The zero-order valence-electron chi connectivity index (χ0n) is 7.46. The predicted molar refractivity (Wildman–Crippen MR) is 42.3 cm³/mol. The van der Waals surface area contributed by atoms with E-state index in [1.807, 2.05) is 6.07 Å². The maximum absolute atomic E-state index is 12.0. The third kappa shape index (κ3) is 2.59. The van der Waals surface area contributed by atoms with Crippen LogP contribution in [0.5, 0.6) is 0 Å². The Labute approximate surface area is 79.7 Å². The van der Waals surface area contributed by atoms with Crippen molar-refractivity contribution in [2.45, 2.75) is 31.2 Å². The third-order valence-corrected chi connectivity index (χ3v) is 2.30. The molecule has 1 aliphatic heterocycles. The summed E-state index contributed by atoms with van der Waals surface area (Å²) in [4.78, 5) is 1.37. The minimum Gasteiger partial charge on any atom is -0.382 e. The first-order chi connectivity index (χ1) is 6.45. The zero-order valence-corrected chi connectivity index (χ0v) is 7.46. The highest BCUT2D eigenvalue weighted by molar-refractivity contribution is 4.96. The van der Waals surface area contributed by atoms with E-state index < -0.39 is 24.9 Å². The Hall–Kier alpha value is -0.800. The normalized spacial score (nSPS) is 26.1. The molecule has 0 aromatic rings. The van der Waals surface area contributed by atoms with Crippen molar-refractivity contribution in [3.8, 4) is 6.07 Å². The highest BCUT2D eigenvalue weighted by Crippen LogP contribution is 2.24. The first-order valence-electron chi connectivity index (χ1n) is 4.33. The number of alkyl halides is 3. The van der Waals surface area contributed by atoms with Crippen molar-refractivity contribution in [2.24, 2.45) is 0 Å². The van der Waals surface area contributed by atoms with Crippen molar-refractivity contribution in [2.75, 3.05) is 13.1 Å². The van der Waals surface area contributed by atoms with Crippen LogP contribution in [0.2, 0.25) is 0 Å². The number of rotatable bonds is 2. The molecule has 1 aliphatic rings. The van der Waals surface area contributed by atoms with Gasteiger partial charge in [-0.05, 0) is 19.4 Å². The van der Waals surface area contributed by atoms with Crippen molar-refractivity contribution in [3.05, 3.63) is 0 Å². The van der Waals surface area contributed by atoms with Gasteiger partial charge >= 0.3 is 6.18 Å². The monoisotopic (exact) mass is 208 g/mol. The molecular formula is C8H11F3N2O. The summed E-state index contributed by atoms with van der Waals surface area (Å²) in [6, 6.07) is 1.44. The fourth-order valence-electron chi connectivity index (χ4n) is 1.52. The second-order valence-corrected chi connectivity index (χ2v) is 3.34. The summed E-state index contributed by atoms with van der Waals surface area (Å²) >= 11 is 0. The Morgan fingerprint density at radius 2 is 2.21 bits per heavy atom. The van der Waals surface area contributed by atoms with Crippen LogP contribution in [0.1, 0.15) is 12.8 Å². The van der Waals surface area contributed by atoms with Crippen LogP contribution < -0.4 is 0 Å². The lowest BCUT2D eigenvalue weighted by Crippen LogP contribution is -2.42. The molecule has 0 aromatic heterocycles. The molecule has 1 heterocycles. The van der Waals surface area contributed by atoms with Gasteiger partial charge in [0.2, 0.25) is 0 Å². The molecule has 1 fully saturated rings. The molecule has 6 heteroatoms. The molecule has 0 aromatic carbocycles. The Balaban J connectivity index is 2.48. The van der Waals surface area contributed by atoms with Gasteiger partial charge in [-0.25, -0.2) is 0 Å². The van der Waals surface area contributed by atoms with Crippen molar-refractivity contribution in [3.63, 3.8) is 0 Å². The highest BCUT2D eigenvalue weighted by atomic mass is 19.4. The molecule has 14 heavy (non-hydrogen) atoms. The van der Waals surface area contributed by atoms with E-state index in [4.69, 9.17) is 10.4 Å². The summed E-state index contributed by atoms with van der Waals surface area (Å²) in [7, 11) is 0. The maximum Gasteiger partial charge on any atom is 0.415 e. The molecule has 0 saturated carbocycles. The average molecular weight is 208 g/mol. The molecule has 0 radical (unpaired) electrons. The number of hydrogen-bond donors (Lipinski definition) is 1. The van der Waals surface area contributed by atoms with E-state index in [1.165, 1.54) is 4.90 Å². The van der Waals surface area contributed by atoms with E-state index >= 15 is 0 Å². The molecule has 2 atom stereocenters. The van der Waals surface area contributed by atoms with Crippen LogP contribution in [0, 0.1) is 11.3 Å². The molecule has 0 bridgehead atoms. The topological polar surface area (TPSA) is 47.3 Å². The second kappa shape index (κ2) is 4.15. The predicted octanol–water partition coefficient (Wildman–Crippen LogP) is 0.898. The van der Waals surface area contributed by atoms with Gasteiger partial charge in [0.25, 0.3) is 0 Å². The molecule has 80 valence electrons. The number of aliphatic hydroxyl groups is 1. The standard InChI is InChI=1S/C8H11F3N2O/c9-8(10,11)7(14)5-13-3-1-2-6(13)4-12/h6-7,14H,1-3,5H2. The van der Waals surface area contributed by atoms with Gasteiger partial charge < -0.3 is 5.11 Å². The molecule has 0 amide bonds. The first-order valence-corrected chi connectivity index (χ1v) is 4.33. The summed E-state index contributed by atoms with van der Waals surface area (Å²) in [6.45, 7) is -0.0485. The lowest BCUT2D eigenvalue weighted by molar-refractivity contribution is -0.208. The van der Waals surface area contributed by atoms with Gasteiger partial charge in [-0.3, -0.25) is 4.90 Å². The van der Waals surface area contributed by atoms with E-state index in [1.54, 1.807) is 0 Å². The maximum atomic E-state index is 12.0. The van der Waals surface area contributed by atoms with E-state index in [-0.39, 0.29) is 0 Å². The summed E-state index contributed by atoms with van der Waals surface area (Å²) < 4.78 is 35.9. The van der Waals surface area contributed by atoms with Crippen LogP contribution >= 0.6 is 0 Å². The fraction of sp³-hybridized carbons (Fsp3) is 0.875. The van der Waals surface area contributed by atoms with E-state index in [2.05, 4.69) is 0 Å². The van der Waals surface area contributed by atoms with Crippen molar-refractivity contribution in [1.29, 1.82) is 5.26 Å².